The zero-order chi connectivity index (χ0) is 13.0. The van der Waals surface area contributed by atoms with Crippen molar-refractivity contribution in [3.63, 3.8) is 0 Å². The SMILES string of the molecule is CC(=O)C[C@@H](c1ccccc1)c1ccc(Br)cc1. The normalized spacial score (nSPS) is 12.1. The largest absolute Gasteiger partial charge is 0.300 e. The summed E-state index contributed by atoms with van der Waals surface area (Å²) in [7, 11) is 0. The molecule has 92 valence electrons. The van der Waals surface area contributed by atoms with E-state index in [4.69, 9.17) is 0 Å². The molecule has 0 aliphatic heterocycles. The molecular formula is C16H15BrO. The second-order valence-electron chi connectivity index (χ2n) is 4.42. The van der Waals surface area contributed by atoms with Crippen LogP contribution in [0.1, 0.15) is 30.4 Å². The quantitative estimate of drug-likeness (QED) is 0.809. The van der Waals surface area contributed by atoms with Crippen molar-refractivity contribution in [1.82, 2.24) is 0 Å². The molecule has 0 fully saturated rings. The number of ketones is 1. The molecule has 2 aromatic carbocycles. The zero-order valence-corrected chi connectivity index (χ0v) is 11.9. The van der Waals surface area contributed by atoms with Crippen molar-refractivity contribution in [2.75, 3.05) is 0 Å². The van der Waals surface area contributed by atoms with Gasteiger partial charge in [0.2, 0.25) is 0 Å². The summed E-state index contributed by atoms with van der Waals surface area (Å²) in [6, 6.07) is 18.4. The molecule has 2 aromatic rings. The van der Waals surface area contributed by atoms with Gasteiger partial charge in [0.1, 0.15) is 5.78 Å². The van der Waals surface area contributed by atoms with Crippen molar-refractivity contribution in [1.29, 1.82) is 0 Å². The average molecular weight is 303 g/mol. The third kappa shape index (κ3) is 3.30. The van der Waals surface area contributed by atoms with Crippen molar-refractivity contribution in [3.05, 3.63) is 70.2 Å². The Morgan fingerprint density at radius 3 is 2.11 bits per heavy atom. The Balaban J connectivity index is 2.36. The van der Waals surface area contributed by atoms with Crippen LogP contribution in [0.4, 0.5) is 0 Å². The Bertz CT molecular complexity index is 517. The van der Waals surface area contributed by atoms with Crippen molar-refractivity contribution in [2.45, 2.75) is 19.3 Å². The molecule has 0 saturated carbocycles. The minimum Gasteiger partial charge on any atom is -0.300 e. The number of halogens is 1. The predicted molar refractivity (Wildman–Crippen MR) is 77.7 cm³/mol. The molecule has 0 aromatic heterocycles. The highest BCUT2D eigenvalue weighted by Crippen LogP contribution is 2.29. The first-order valence-corrected chi connectivity index (χ1v) is 6.76. The number of benzene rings is 2. The van der Waals surface area contributed by atoms with E-state index in [1.54, 1.807) is 6.92 Å². The molecule has 0 bridgehead atoms. The van der Waals surface area contributed by atoms with Crippen LogP contribution in [0.25, 0.3) is 0 Å². The van der Waals surface area contributed by atoms with Crippen LogP contribution in [0.3, 0.4) is 0 Å². The summed E-state index contributed by atoms with van der Waals surface area (Å²) in [6.07, 6.45) is 0.547. The van der Waals surface area contributed by atoms with Crippen molar-refractivity contribution in [3.8, 4) is 0 Å². The maximum atomic E-state index is 11.5. The maximum absolute atomic E-state index is 11.5. The van der Waals surface area contributed by atoms with E-state index >= 15 is 0 Å². The molecule has 0 radical (unpaired) electrons. The first-order chi connectivity index (χ1) is 8.66. The summed E-state index contributed by atoms with van der Waals surface area (Å²) in [5.74, 6) is 0.364. The van der Waals surface area contributed by atoms with E-state index in [1.165, 1.54) is 11.1 Å². The highest BCUT2D eigenvalue weighted by molar-refractivity contribution is 9.10. The molecule has 18 heavy (non-hydrogen) atoms. The van der Waals surface area contributed by atoms with Gasteiger partial charge in [-0.1, -0.05) is 58.4 Å². The first kappa shape index (κ1) is 13.0. The number of Topliss-reactive ketones (excluding diaryl/α,β-unsaturated/α-hetero) is 1. The first-order valence-electron chi connectivity index (χ1n) is 5.96. The monoisotopic (exact) mass is 302 g/mol. The molecule has 0 N–H and O–H groups in total. The van der Waals surface area contributed by atoms with Crippen molar-refractivity contribution < 1.29 is 4.79 Å². The van der Waals surface area contributed by atoms with E-state index < -0.39 is 0 Å². The lowest BCUT2D eigenvalue weighted by molar-refractivity contribution is -0.117. The summed E-state index contributed by atoms with van der Waals surface area (Å²) in [6.45, 7) is 1.65. The fourth-order valence-electron chi connectivity index (χ4n) is 2.10. The molecule has 1 nitrogen and oxygen atoms in total. The number of hydrogen-bond donors (Lipinski definition) is 0. The Kier molecular flexibility index (Phi) is 4.32. The molecule has 0 aliphatic rings. The fraction of sp³-hybridized carbons (Fsp3) is 0.188. The lowest BCUT2D eigenvalue weighted by Crippen LogP contribution is -2.06. The van der Waals surface area contributed by atoms with Crippen molar-refractivity contribution in [2.24, 2.45) is 0 Å². The molecule has 0 spiro atoms. The molecule has 0 amide bonds. The summed E-state index contributed by atoms with van der Waals surface area (Å²) in [4.78, 5) is 11.5. The maximum Gasteiger partial charge on any atom is 0.130 e. The minimum absolute atomic E-state index is 0.150. The molecule has 2 heteroatoms. The van der Waals surface area contributed by atoms with Gasteiger partial charge in [-0.3, -0.25) is 4.79 Å². The van der Waals surface area contributed by atoms with Gasteiger partial charge in [-0.25, -0.2) is 0 Å². The zero-order valence-electron chi connectivity index (χ0n) is 10.3. The topological polar surface area (TPSA) is 17.1 Å². The van der Waals surface area contributed by atoms with Gasteiger partial charge in [0, 0.05) is 16.8 Å². The third-order valence-electron chi connectivity index (χ3n) is 2.97. The minimum atomic E-state index is 0.150. The lowest BCUT2D eigenvalue weighted by atomic mass is 9.87. The summed E-state index contributed by atoms with van der Waals surface area (Å²) in [5.41, 5.74) is 2.37. The van der Waals surface area contributed by atoms with Crippen LogP contribution in [0.5, 0.6) is 0 Å². The highest BCUT2D eigenvalue weighted by atomic mass is 79.9. The van der Waals surface area contributed by atoms with Gasteiger partial charge in [-0.05, 0) is 30.2 Å². The molecule has 0 heterocycles. The standard InChI is InChI=1S/C16H15BrO/c1-12(18)11-16(13-5-3-2-4-6-13)14-7-9-15(17)10-8-14/h2-10,16H,11H2,1H3/t16-/m0/s1. The van der Waals surface area contributed by atoms with E-state index in [2.05, 4.69) is 40.2 Å². The molecule has 0 saturated heterocycles. The van der Waals surface area contributed by atoms with Crippen LogP contribution in [0.2, 0.25) is 0 Å². The second kappa shape index (κ2) is 5.96. The number of rotatable bonds is 4. The summed E-state index contributed by atoms with van der Waals surface area (Å²) < 4.78 is 1.06. The lowest BCUT2D eigenvalue weighted by Gasteiger charge is -2.16. The van der Waals surface area contributed by atoms with E-state index in [0.717, 1.165) is 4.47 Å². The van der Waals surface area contributed by atoms with Crippen LogP contribution in [0.15, 0.2) is 59.1 Å². The molecule has 1 atom stereocenters. The van der Waals surface area contributed by atoms with Gasteiger partial charge in [-0.2, -0.15) is 0 Å². The van der Waals surface area contributed by atoms with Crippen LogP contribution >= 0.6 is 15.9 Å². The molecule has 2 rings (SSSR count). The predicted octanol–water partition coefficient (Wildman–Crippen LogP) is 4.56. The Hall–Kier alpha value is -1.41. The van der Waals surface area contributed by atoms with Gasteiger partial charge < -0.3 is 0 Å². The van der Waals surface area contributed by atoms with E-state index in [9.17, 15) is 4.79 Å². The van der Waals surface area contributed by atoms with Crippen LogP contribution in [-0.4, -0.2) is 5.78 Å². The van der Waals surface area contributed by atoms with Gasteiger partial charge in [0.05, 0.1) is 0 Å². The third-order valence-corrected chi connectivity index (χ3v) is 3.49. The summed E-state index contributed by atoms with van der Waals surface area (Å²) >= 11 is 3.43. The summed E-state index contributed by atoms with van der Waals surface area (Å²) in [5, 5.41) is 0. The fourth-order valence-corrected chi connectivity index (χ4v) is 2.36. The highest BCUT2D eigenvalue weighted by Gasteiger charge is 2.15. The molecule has 0 unspecified atom stereocenters. The van der Waals surface area contributed by atoms with Crippen LogP contribution < -0.4 is 0 Å². The van der Waals surface area contributed by atoms with Crippen molar-refractivity contribution >= 4 is 21.7 Å². The van der Waals surface area contributed by atoms with Gasteiger partial charge in [0.25, 0.3) is 0 Å². The van der Waals surface area contributed by atoms with Crippen LogP contribution in [0, 0.1) is 0 Å². The van der Waals surface area contributed by atoms with Gasteiger partial charge in [-0.15, -0.1) is 0 Å². The van der Waals surface area contributed by atoms with E-state index in [-0.39, 0.29) is 11.7 Å². The Labute approximate surface area is 116 Å². The molecular weight excluding hydrogens is 288 g/mol. The van der Waals surface area contributed by atoms with E-state index in [0.29, 0.717) is 6.42 Å². The Morgan fingerprint density at radius 1 is 1.00 bits per heavy atom. The van der Waals surface area contributed by atoms with E-state index in [1.807, 2.05) is 30.3 Å². The smallest absolute Gasteiger partial charge is 0.130 e. The second-order valence-corrected chi connectivity index (χ2v) is 5.34. The average Bonchev–Trinajstić information content (AvgIpc) is 2.38. The van der Waals surface area contributed by atoms with Crippen LogP contribution in [-0.2, 0) is 4.79 Å². The number of hydrogen-bond acceptors (Lipinski definition) is 1. The number of carbonyl (C=O) groups is 1. The van der Waals surface area contributed by atoms with Gasteiger partial charge >= 0.3 is 0 Å². The Morgan fingerprint density at radius 2 is 1.56 bits per heavy atom. The molecule has 0 aliphatic carbocycles. The van der Waals surface area contributed by atoms with Gasteiger partial charge in [0.15, 0.2) is 0 Å². The number of carbonyl (C=O) groups excluding carboxylic acids is 1.